The molecule has 6 heteroatoms. The maximum absolute atomic E-state index is 10.5. The summed E-state index contributed by atoms with van der Waals surface area (Å²) in [6.45, 7) is 0. The number of methoxy groups -OCH3 is 2. The summed E-state index contributed by atoms with van der Waals surface area (Å²) < 4.78 is 10.7. The van der Waals surface area contributed by atoms with Crippen LogP contribution in [-0.2, 0) is 4.79 Å². The molecule has 0 amide bonds. The van der Waals surface area contributed by atoms with Crippen LogP contribution in [0.2, 0.25) is 0 Å². The molecule has 2 N–H and O–H groups in total. The van der Waals surface area contributed by atoms with E-state index in [9.17, 15) is 9.90 Å². The lowest BCUT2D eigenvalue weighted by molar-refractivity contribution is -0.139. The van der Waals surface area contributed by atoms with Crippen LogP contribution in [0.4, 0.5) is 0 Å². The smallest absolute Gasteiger partial charge is 0.306 e. The van der Waals surface area contributed by atoms with Crippen molar-refractivity contribution in [1.29, 1.82) is 0 Å². The molecule has 0 heterocycles. The first-order chi connectivity index (χ1) is 7.99. The van der Waals surface area contributed by atoms with E-state index >= 15 is 0 Å². The molecule has 0 aliphatic heterocycles. The van der Waals surface area contributed by atoms with Crippen LogP contribution in [0, 0.1) is 0 Å². The fourth-order valence-corrected chi connectivity index (χ4v) is 1.99. The zero-order chi connectivity index (χ0) is 13.0. The van der Waals surface area contributed by atoms with E-state index in [1.807, 2.05) is 0 Å². The summed E-state index contributed by atoms with van der Waals surface area (Å²) in [5, 5.41) is 18.4. The summed E-state index contributed by atoms with van der Waals surface area (Å²) in [5.41, 5.74) is 0.449. The number of benzene rings is 1. The van der Waals surface area contributed by atoms with Crippen molar-refractivity contribution < 1.29 is 24.5 Å². The van der Waals surface area contributed by atoms with Crippen molar-refractivity contribution in [3.8, 4) is 11.5 Å². The van der Waals surface area contributed by atoms with Gasteiger partial charge in [-0.25, -0.2) is 0 Å². The van der Waals surface area contributed by atoms with E-state index in [4.69, 9.17) is 14.6 Å². The highest BCUT2D eigenvalue weighted by molar-refractivity contribution is 9.10. The number of carboxylic acids is 1. The number of ether oxygens (including phenoxy) is 2. The second-order valence-corrected chi connectivity index (χ2v) is 4.20. The predicted octanol–water partition coefficient (Wildman–Crippen LogP) is 1.97. The number of halogens is 1. The molecule has 0 saturated carbocycles. The molecule has 0 aromatic heterocycles. The Balaban J connectivity index is 3.11. The van der Waals surface area contributed by atoms with E-state index in [0.717, 1.165) is 0 Å². The quantitative estimate of drug-likeness (QED) is 0.870. The molecular formula is C11H13BrO5. The maximum atomic E-state index is 10.5. The molecule has 0 aliphatic carbocycles. The molecule has 0 aliphatic rings. The minimum Gasteiger partial charge on any atom is -0.493 e. The zero-order valence-corrected chi connectivity index (χ0v) is 11.0. The molecule has 5 nitrogen and oxygen atoms in total. The summed E-state index contributed by atoms with van der Waals surface area (Å²) in [6, 6.07) is 3.18. The fraction of sp³-hybridized carbons (Fsp3) is 0.364. The van der Waals surface area contributed by atoms with E-state index in [-0.39, 0.29) is 6.42 Å². The van der Waals surface area contributed by atoms with Crippen molar-refractivity contribution in [1.82, 2.24) is 0 Å². The SMILES string of the molecule is COc1cc(Br)c(C(O)CC(=O)O)cc1OC. The van der Waals surface area contributed by atoms with Gasteiger partial charge in [-0.15, -0.1) is 0 Å². The molecule has 0 radical (unpaired) electrons. The molecule has 1 aromatic carbocycles. The minimum atomic E-state index is -1.10. The van der Waals surface area contributed by atoms with Gasteiger partial charge < -0.3 is 19.7 Å². The number of hydrogen-bond acceptors (Lipinski definition) is 4. The Morgan fingerprint density at radius 1 is 1.35 bits per heavy atom. The van der Waals surface area contributed by atoms with Gasteiger partial charge in [0.1, 0.15) is 0 Å². The van der Waals surface area contributed by atoms with E-state index in [1.54, 1.807) is 12.1 Å². The summed E-state index contributed by atoms with van der Waals surface area (Å²) in [6.07, 6.45) is -1.46. The Hall–Kier alpha value is -1.27. The summed E-state index contributed by atoms with van der Waals surface area (Å²) in [7, 11) is 2.97. The predicted molar refractivity (Wildman–Crippen MR) is 64.5 cm³/mol. The Morgan fingerprint density at radius 3 is 2.35 bits per heavy atom. The molecule has 0 spiro atoms. The molecule has 0 bridgehead atoms. The van der Waals surface area contributed by atoms with Gasteiger partial charge in [-0.2, -0.15) is 0 Å². The lowest BCUT2D eigenvalue weighted by atomic mass is 10.1. The second kappa shape index (κ2) is 5.88. The Bertz CT molecular complexity index is 419. The van der Waals surface area contributed by atoms with E-state index < -0.39 is 12.1 Å². The summed E-state index contributed by atoms with van der Waals surface area (Å²) in [5.74, 6) is -0.125. The van der Waals surface area contributed by atoms with Crippen molar-refractivity contribution in [2.75, 3.05) is 14.2 Å². The summed E-state index contributed by atoms with van der Waals surface area (Å²) in [4.78, 5) is 10.5. The Kier molecular flexibility index (Phi) is 4.77. The van der Waals surface area contributed by atoms with E-state index in [0.29, 0.717) is 21.5 Å². The average Bonchev–Trinajstić information content (AvgIpc) is 2.27. The number of rotatable bonds is 5. The molecule has 0 saturated heterocycles. The van der Waals surface area contributed by atoms with Crippen LogP contribution in [0.3, 0.4) is 0 Å². The lowest BCUT2D eigenvalue weighted by Gasteiger charge is -2.15. The Morgan fingerprint density at radius 2 is 1.88 bits per heavy atom. The molecule has 1 unspecified atom stereocenters. The first-order valence-electron chi connectivity index (χ1n) is 4.80. The van der Waals surface area contributed by atoms with E-state index in [2.05, 4.69) is 15.9 Å². The number of aliphatic carboxylic acids is 1. The molecule has 1 aromatic rings. The van der Waals surface area contributed by atoms with Crippen LogP contribution in [-0.4, -0.2) is 30.4 Å². The van der Waals surface area contributed by atoms with Gasteiger partial charge in [0.05, 0.1) is 26.7 Å². The van der Waals surface area contributed by atoms with Gasteiger partial charge in [-0.05, 0) is 17.7 Å². The fourth-order valence-electron chi connectivity index (χ4n) is 1.40. The number of aliphatic hydroxyl groups is 1. The third kappa shape index (κ3) is 3.34. The lowest BCUT2D eigenvalue weighted by Crippen LogP contribution is -2.06. The molecule has 0 fully saturated rings. The third-order valence-electron chi connectivity index (χ3n) is 2.23. The minimum absolute atomic E-state index is 0.367. The van der Waals surface area contributed by atoms with Crippen LogP contribution in [0.1, 0.15) is 18.1 Å². The number of hydrogen-bond donors (Lipinski definition) is 2. The van der Waals surface area contributed by atoms with Crippen LogP contribution in [0.25, 0.3) is 0 Å². The molecule has 94 valence electrons. The molecule has 1 rings (SSSR count). The highest BCUT2D eigenvalue weighted by Crippen LogP contribution is 2.36. The van der Waals surface area contributed by atoms with Crippen molar-refractivity contribution >= 4 is 21.9 Å². The van der Waals surface area contributed by atoms with Crippen molar-refractivity contribution in [3.63, 3.8) is 0 Å². The van der Waals surface area contributed by atoms with Gasteiger partial charge in [0.25, 0.3) is 0 Å². The Labute approximate surface area is 107 Å². The maximum Gasteiger partial charge on any atom is 0.306 e. The van der Waals surface area contributed by atoms with Crippen molar-refractivity contribution in [3.05, 3.63) is 22.2 Å². The number of aliphatic hydroxyl groups excluding tert-OH is 1. The molecule has 1 atom stereocenters. The van der Waals surface area contributed by atoms with Gasteiger partial charge in [0.15, 0.2) is 11.5 Å². The largest absolute Gasteiger partial charge is 0.493 e. The molecular weight excluding hydrogens is 292 g/mol. The topological polar surface area (TPSA) is 76.0 Å². The van der Waals surface area contributed by atoms with Crippen LogP contribution < -0.4 is 9.47 Å². The standard InChI is InChI=1S/C11H13BrO5/c1-16-9-3-6(8(13)5-11(14)15)7(12)4-10(9)17-2/h3-4,8,13H,5H2,1-2H3,(H,14,15). The van der Waals surface area contributed by atoms with Crippen molar-refractivity contribution in [2.45, 2.75) is 12.5 Å². The second-order valence-electron chi connectivity index (χ2n) is 3.34. The van der Waals surface area contributed by atoms with Crippen LogP contribution >= 0.6 is 15.9 Å². The van der Waals surface area contributed by atoms with Gasteiger partial charge in [0.2, 0.25) is 0 Å². The van der Waals surface area contributed by atoms with Gasteiger partial charge in [-0.1, -0.05) is 15.9 Å². The van der Waals surface area contributed by atoms with Crippen molar-refractivity contribution in [2.24, 2.45) is 0 Å². The van der Waals surface area contributed by atoms with Crippen LogP contribution in [0.5, 0.6) is 11.5 Å². The zero-order valence-electron chi connectivity index (χ0n) is 9.44. The first-order valence-corrected chi connectivity index (χ1v) is 5.60. The average molecular weight is 305 g/mol. The third-order valence-corrected chi connectivity index (χ3v) is 2.92. The van der Waals surface area contributed by atoms with E-state index in [1.165, 1.54) is 14.2 Å². The number of carbonyl (C=O) groups is 1. The normalized spacial score (nSPS) is 12.0. The van der Waals surface area contributed by atoms with Gasteiger partial charge in [0, 0.05) is 4.47 Å². The first kappa shape index (κ1) is 13.8. The molecule has 17 heavy (non-hydrogen) atoms. The summed E-state index contributed by atoms with van der Waals surface area (Å²) >= 11 is 3.25. The van der Waals surface area contributed by atoms with Gasteiger partial charge >= 0.3 is 5.97 Å². The van der Waals surface area contributed by atoms with Gasteiger partial charge in [-0.3, -0.25) is 4.79 Å². The van der Waals surface area contributed by atoms with Crippen LogP contribution in [0.15, 0.2) is 16.6 Å². The number of carboxylic acid groups (broad SMARTS) is 1. The monoisotopic (exact) mass is 304 g/mol. The highest BCUT2D eigenvalue weighted by Gasteiger charge is 2.18. The highest BCUT2D eigenvalue weighted by atomic mass is 79.9.